The van der Waals surface area contributed by atoms with Gasteiger partial charge in [-0.25, -0.2) is 4.68 Å². The highest BCUT2D eigenvalue weighted by atomic mass is 16.1. The number of hydrogen-bond acceptors (Lipinski definition) is 3. The first-order valence-corrected chi connectivity index (χ1v) is 5.86. The van der Waals surface area contributed by atoms with E-state index in [0.717, 1.165) is 30.4 Å². The molecule has 0 bridgehead atoms. The van der Waals surface area contributed by atoms with Crippen LogP contribution in [0, 0.1) is 0 Å². The van der Waals surface area contributed by atoms with Gasteiger partial charge >= 0.3 is 0 Å². The number of aromatic nitrogens is 3. The highest BCUT2D eigenvalue weighted by Gasteiger charge is 2.25. The first-order valence-electron chi connectivity index (χ1n) is 5.86. The van der Waals surface area contributed by atoms with Gasteiger partial charge in [-0.05, 0) is 19.3 Å². The van der Waals surface area contributed by atoms with Crippen LogP contribution in [0.3, 0.4) is 0 Å². The molecule has 1 heterocycles. The Balaban J connectivity index is 2.12. The van der Waals surface area contributed by atoms with Gasteiger partial charge in [0.2, 0.25) is 0 Å². The largest absolute Gasteiger partial charge is 0.296 e. The van der Waals surface area contributed by atoms with Crippen molar-refractivity contribution in [2.45, 2.75) is 25.3 Å². The van der Waals surface area contributed by atoms with Crippen molar-refractivity contribution in [1.82, 2.24) is 15.0 Å². The van der Waals surface area contributed by atoms with Crippen LogP contribution in [-0.4, -0.2) is 21.3 Å². The maximum absolute atomic E-state index is 11.0. The van der Waals surface area contributed by atoms with Crippen molar-refractivity contribution >= 4 is 6.29 Å². The SMILES string of the molecule is O=Cc1nnn(C2CCC2)c1-c1ccccc1. The molecule has 1 saturated carbocycles. The van der Waals surface area contributed by atoms with Crippen LogP contribution in [0.1, 0.15) is 35.8 Å². The van der Waals surface area contributed by atoms with E-state index in [-0.39, 0.29) is 0 Å². The van der Waals surface area contributed by atoms with E-state index >= 15 is 0 Å². The summed E-state index contributed by atoms with van der Waals surface area (Å²) in [5.74, 6) is 0. The van der Waals surface area contributed by atoms with Crippen LogP contribution >= 0.6 is 0 Å². The van der Waals surface area contributed by atoms with Gasteiger partial charge in [-0.3, -0.25) is 4.79 Å². The summed E-state index contributed by atoms with van der Waals surface area (Å²) in [6, 6.07) is 10.3. The summed E-state index contributed by atoms with van der Waals surface area (Å²) in [4.78, 5) is 11.0. The normalized spacial score (nSPS) is 15.5. The molecular weight excluding hydrogens is 214 g/mol. The molecule has 0 spiro atoms. The third-order valence-electron chi connectivity index (χ3n) is 3.30. The summed E-state index contributed by atoms with van der Waals surface area (Å²) in [6.07, 6.45) is 4.27. The zero-order valence-corrected chi connectivity index (χ0v) is 9.41. The molecule has 0 amide bonds. The molecule has 1 aromatic heterocycles. The lowest BCUT2D eigenvalue weighted by Crippen LogP contribution is -2.19. The smallest absolute Gasteiger partial charge is 0.172 e. The third-order valence-corrected chi connectivity index (χ3v) is 3.30. The van der Waals surface area contributed by atoms with Crippen molar-refractivity contribution < 1.29 is 4.79 Å². The van der Waals surface area contributed by atoms with Gasteiger partial charge in [-0.15, -0.1) is 5.10 Å². The monoisotopic (exact) mass is 227 g/mol. The van der Waals surface area contributed by atoms with Crippen molar-refractivity contribution in [2.75, 3.05) is 0 Å². The highest BCUT2D eigenvalue weighted by molar-refractivity contribution is 5.83. The molecule has 0 atom stereocenters. The molecule has 86 valence electrons. The Bertz CT molecular complexity index is 529. The molecule has 2 aromatic rings. The van der Waals surface area contributed by atoms with Gasteiger partial charge in [-0.1, -0.05) is 35.5 Å². The van der Waals surface area contributed by atoms with Crippen LogP contribution in [0.5, 0.6) is 0 Å². The topological polar surface area (TPSA) is 47.8 Å². The Kier molecular flexibility index (Phi) is 2.48. The molecule has 4 nitrogen and oxygen atoms in total. The van der Waals surface area contributed by atoms with Crippen molar-refractivity contribution in [3.05, 3.63) is 36.0 Å². The number of hydrogen-bond donors (Lipinski definition) is 0. The minimum absolute atomic E-state index is 0.409. The van der Waals surface area contributed by atoms with Gasteiger partial charge in [0.25, 0.3) is 0 Å². The highest BCUT2D eigenvalue weighted by Crippen LogP contribution is 2.35. The van der Waals surface area contributed by atoms with E-state index < -0.39 is 0 Å². The number of nitrogens with zero attached hydrogens (tertiary/aromatic N) is 3. The van der Waals surface area contributed by atoms with E-state index in [1.54, 1.807) is 0 Å². The van der Waals surface area contributed by atoms with Crippen LogP contribution in [0.15, 0.2) is 30.3 Å². The van der Waals surface area contributed by atoms with E-state index in [0.29, 0.717) is 11.7 Å². The predicted octanol–water partition coefficient (Wildman–Crippen LogP) is 2.48. The van der Waals surface area contributed by atoms with Gasteiger partial charge in [0.15, 0.2) is 12.0 Å². The molecule has 0 aliphatic heterocycles. The lowest BCUT2D eigenvalue weighted by Gasteiger charge is -2.26. The van der Waals surface area contributed by atoms with Crippen LogP contribution in [0.4, 0.5) is 0 Å². The van der Waals surface area contributed by atoms with Gasteiger partial charge in [0.05, 0.1) is 11.7 Å². The number of carbonyl (C=O) groups excluding carboxylic acids is 1. The maximum Gasteiger partial charge on any atom is 0.172 e. The summed E-state index contributed by atoms with van der Waals surface area (Å²) in [5.41, 5.74) is 2.29. The second kappa shape index (κ2) is 4.13. The van der Waals surface area contributed by atoms with E-state index in [1.165, 1.54) is 6.42 Å². The van der Waals surface area contributed by atoms with E-state index in [2.05, 4.69) is 10.3 Å². The first kappa shape index (κ1) is 10.2. The Morgan fingerprint density at radius 2 is 2.00 bits per heavy atom. The summed E-state index contributed by atoms with van der Waals surface area (Å²) in [7, 11) is 0. The second-order valence-corrected chi connectivity index (χ2v) is 4.34. The summed E-state index contributed by atoms with van der Waals surface area (Å²) in [5, 5.41) is 8.08. The van der Waals surface area contributed by atoms with Gasteiger partial charge < -0.3 is 0 Å². The average molecular weight is 227 g/mol. The van der Waals surface area contributed by atoms with Crippen molar-refractivity contribution in [2.24, 2.45) is 0 Å². The maximum atomic E-state index is 11.0. The Morgan fingerprint density at radius 3 is 2.59 bits per heavy atom. The van der Waals surface area contributed by atoms with Crippen LogP contribution in [0.2, 0.25) is 0 Å². The van der Waals surface area contributed by atoms with E-state index in [4.69, 9.17) is 0 Å². The standard InChI is InChI=1S/C13H13N3O/c17-9-12-13(10-5-2-1-3-6-10)16(15-14-12)11-7-4-8-11/h1-3,5-6,9,11H,4,7-8H2. The minimum atomic E-state index is 0.409. The molecule has 1 aromatic carbocycles. The van der Waals surface area contributed by atoms with Gasteiger partial charge in [0.1, 0.15) is 0 Å². The average Bonchev–Trinajstić information content (AvgIpc) is 2.71. The summed E-state index contributed by atoms with van der Waals surface area (Å²) >= 11 is 0. The molecule has 3 rings (SSSR count). The van der Waals surface area contributed by atoms with Gasteiger partial charge in [0, 0.05) is 5.56 Å². The molecule has 0 unspecified atom stereocenters. The number of aldehydes is 1. The number of carbonyl (C=O) groups is 1. The minimum Gasteiger partial charge on any atom is -0.296 e. The molecule has 0 N–H and O–H groups in total. The van der Waals surface area contributed by atoms with Crippen molar-refractivity contribution in [3.63, 3.8) is 0 Å². The van der Waals surface area contributed by atoms with Crippen molar-refractivity contribution in [3.8, 4) is 11.3 Å². The summed E-state index contributed by atoms with van der Waals surface area (Å²) in [6.45, 7) is 0. The molecule has 0 saturated heterocycles. The first-order chi connectivity index (χ1) is 8.40. The zero-order valence-electron chi connectivity index (χ0n) is 9.41. The Hall–Kier alpha value is -1.97. The molecule has 1 aliphatic rings. The molecule has 1 aliphatic carbocycles. The zero-order chi connectivity index (χ0) is 11.7. The Labute approximate surface area is 99.3 Å². The van der Waals surface area contributed by atoms with Gasteiger partial charge in [-0.2, -0.15) is 0 Å². The van der Waals surface area contributed by atoms with E-state index in [1.807, 2.05) is 35.0 Å². The fraction of sp³-hybridized carbons (Fsp3) is 0.308. The third kappa shape index (κ3) is 1.65. The molecule has 1 fully saturated rings. The van der Waals surface area contributed by atoms with Crippen LogP contribution in [-0.2, 0) is 0 Å². The lowest BCUT2D eigenvalue weighted by atomic mass is 9.92. The molecular formula is C13H13N3O. The molecule has 17 heavy (non-hydrogen) atoms. The fourth-order valence-corrected chi connectivity index (χ4v) is 2.15. The second-order valence-electron chi connectivity index (χ2n) is 4.34. The van der Waals surface area contributed by atoms with Crippen LogP contribution < -0.4 is 0 Å². The van der Waals surface area contributed by atoms with Crippen molar-refractivity contribution in [1.29, 1.82) is 0 Å². The van der Waals surface area contributed by atoms with E-state index in [9.17, 15) is 4.79 Å². The quantitative estimate of drug-likeness (QED) is 0.757. The Morgan fingerprint density at radius 1 is 1.24 bits per heavy atom. The molecule has 0 radical (unpaired) electrons. The predicted molar refractivity (Wildman–Crippen MR) is 63.7 cm³/mol. The van der Waals surface area contributed by atoms with Crippen LogP contribution in [0.25, 0.3) is 11.3 Å². The number of rotatable bonds is 3. The fourth-order valence-electron chi connectivity index (χ4n) is 2.15. The number of benzene rings is 1. The lowest BCUT2D eigenvalue weighted by molar-refractivity contribution is 0.111. The molecule has 4 heteroatoms. The summed E-state index contributed by atoms with van der Waals surface area (Å²) < 4.78 is 1.91.